The van der Waals surface area contributed by atoms with Gasteiger partial charge in [0.2, 0.25) is 5.13 Å². The number of ketones is 2. The number of rotatable bonds is 6. The smallest absolute Gasteiger partial charge is 0.219 e. The van der Waals surface area contributed by atoms with E-state index in [1.54, 1.807) is 40.5 Å². The second kappa shape index (κ2) is 10.3. The van der Waals surface area contributed by atoms with Gasteiger partial charge < -0.3 is 5.73 Å². The molecular formula is C27H24ClN5O2S3. The summed E-state index contributed by atoms with van der Waals surface area (Å²) in [6, 6.07) is 13.0. The van der Waals surface area contributed by atoms with Gasteiger partial charge in [-0.2, -0.15) is 5.26 Å². The molecule has 11 heteroatoms. The normalized spacial score (nSPS) is 19.0. The second-order valence-corrected chi connectivity index (χ2v) is 13.9. The van der Waals surface area contributed by atoms with Crippen LogP contribution in [0.5, 0.6) is 0 Å². The van der Waals surface area contributed by atoms with Crippen molar-refractivity contribution in [2.45, 2.75) is 43.9 Å². The zero-order valence-electron chi connectivity index (χ0n) is 20.9. The molecule has 2 aliphatic rings. The van der Waals surface area contributed by atoms with Gasteiger partial charge in [-0.3, -0.25) is 14.5 Å². The number of allylic oxidation sites excluding steroid dienone is 3. The summed E-state index contributed by atoms with van der Waals surface area (Å²) in [4.78, 5) is 30.0. The van der Waals surface area contributed by atoms with E-state index in [4.69, 9.17) is 17.3 Å². The van der Waals surface area contributed by atoms with Crippen molar-refractivity contribution in [1.82, 2.24) is 10.2 Å². The lowest BCUT2D eigenvalue weighted by atomic mass is 9.70. The van der Waals surface area contributed by atoms with Crippen molar-refractivity contribution >= 4 is 62.7 Å². The van der Waals surface area contributed by atoms with Crippen molar-refractivity contribution in [3.8, 4) is 6.07 Å². The Morgan fingerprint density at radius 1 is 1.21 bits per heavy atom. The molecule has 0 radical (unpaired) electrons. The number of nitrogens with two attached hydrogens (primary N) is 1. The summed E-state index contributed by atoms with van der Waals surface area (Å²) in [5.41, 5.74) is 8.68. The Kier molecular flexibility index (Phi) is 7.22. The quantitative estimate of drug-likeness (QED) is 0.260. The minimum absolute atomic E-state index is 0.0187. The van der Waals surface area contributed by atoms with Crippen LogP contribution in [0, 0.1) is 23.7 Å². The Labute approximate surface area is 238 Å². The number of aryl methyl sites for hydroxylation is 1. The molecule has 7 nitrogen and oxygen atoms in total. The molecule has 0 spiro atoms. The summed E-state index contributed by atoms with van der Waals surface area (Å²) in [6.07, 6.45) is 0.995. The molecule has 1 aliphatic heterocycles. The predicted octanol–water partition coefficient (Wildman–Crippen LogP) is 6.48. The Morgan fingerprint density at radius 2 is 1.95 bits per heavy atom. The van der Waals surface area contributed by atoms with Crippen LogP contribution in [0.4, 0.5) is 5.13 Å². The van der Waals surface area contributed by atoms with Gasteiger partial charge in [-0.25, -0.2) is 0 Å². The molecule has 1 unspecified atom stereocenters. The van der Waals surface area contributed by atoms with E-state index in [0.29, 0.717) is 44.0 Å². The Hall–Kier alpha value is -2.97. The molecule has 0 amide bonds. The third-order valence-electron chi connectivity index (χ3n) is 6.51. The maximum Gasteiger partial charge on any atom is 0.219 e. The zero-order chi connectivity index (χ0) is 27.2. The van der Waals surface area contributed by atoms with E-state index in [1.807, 2.05) is 19.1 Å². The molecule has 1 atom stereocenters. The third-order valence-corrected chi connectivity index (χ3v) is 9.87. The van der Waals surface area contributed by atoms with Gasteiger partial charge in [-0.05, 0) is 55.2 Å². The fraction of sp³-hybridized carbons (Fsp3) is 0.296. The number of hydrogen-bond donors (Lipinski definition) is 1. The molecule has 3 aromatic rings. The minimum atomic E-state index is -0.493. The molecule has 5 rings (SSSR count). The number of thioether (sulfide) groups is 1. The SMILES string of the molecule is Cc1ccc(C2C(C#N)=C(N)N(c3nnc(SCC(=O)c4ccc(Cl)cc4)s3)C3=C2C(=O)CC(C)(C)C3)s1. The van der Waals surface area contributed by atoms with E-state index in [-0.39, 0.29) is 28.6 Å². The van der Waals surface area contributed by atoms with Crippen molar-refractivity contribution in [1.29, 1.82) is 5.26 Å². The third kappa shape index (κ3) is 5.04. The number of hydrogen-bond acceptors (Lipinski definition) is 10. The first-order valence-electron chi connectivity index (χ1n) is 11.9. The molecule has 1 aliphatic carbocycles. The minimum Gasteiger partial charge on any atom is -0.384 e. The lowest BCUT2D eigenvalue weighted by molar-refractivity contribution is -0.118. The highest BCUT2D eigenvalue weighted by Gasteiger charge is 2.45. The van der Waals surface area contributed by atoms with Gasteiger partial charge in [-0.1, -0.05) is 48.5 Å². The molecule has 0 saturated heterocycles. The topological polar surface area (TPSA) is 113 Å². The van der Waals surface area contributed by atoms with Crippen LogP contribution in [0.2, 0.25) is 5.02 Å². The molecule has 38 heavy (non-hydrogen) atoms. The monoisotopic (exact) mass is 581 g/mol. The van der Waals surface area contributed by atoms with Crippen LogP contribution < -0.4 is 10.6 Å². The molecule has 2 aromatic heterocycles. The second-order valence-electron chi connectivity index (χ2n) is 10.00. The average molecular weight is 582 g/mol. The summed E-state index contributed by atoms with van der Waals surface area (Å²) < 4.78 is 0.591. The van der Waals surface area contributed by atoms with Crippen LogP contribution in [0.3, 0.4) is 0 Å². The molecule has 0 fully saturated rings. The molecule has 194 valence electrons. The van der Waals surface area contributed by atoms with Crippen LogP contribution >= 0.6 is 46.0 Å². The number of carbonyl (C=O) groups is 2. The van der Waals surface area contributed by atoms with Crippen molar-refractivity contribution in [2.24, 2.45) is 11.1 Å². The lowest BCUT2D eigenvalue weighted by Gasteiger charge is -2.42. The van der Waals surface area contributed by atoms with Crippen LogP contribution in [0.25, 0.3) is 0 Å². The van der Waals surface area contributed by atoms with E-state index in [1.165, 1.54) is 23.1 Å². The van der Waals surface area contributed by atoms with Gasteiger partial charge in [-0.15, -0.1) is 21.5 Å². The number of halogens is 1. The van der Waals surface area contributed by atoms with Gasteiger partial charge in [0.05, 0.1) is 23.3 Å². The highest BCUT2D eigenvalue weighted by Crippen LogP contribution is 2.51. The maximum atomic E-state index is 13.6. The standard InChI is InChI=1S/C27H24ClN5O2S3/c1-14-4-9-21(37-14)22-17(12-29)24(30)33(18-10-27(2,3)11-19(34)23(18)22)25-31-32-26(38-25)36-13-20(35)15-5-7-16(28)8-6-15/h4-9,22H,10-11,13,30H2,1-3H3. The van der Waals surface area contributed by atoms with E-state index in [9.17, 15) is 14.9 Å². The summed E-state index contributed by atoms with van der Waals surface area (Å²) >= 11 is 10.1. The summed E-state index contributed by atoms with van der Waals surface area (Å²) in [7, 11) is 0. The van der Waals surface area contributed by atoms with Crippen molar-refractivity contribution in [2.75, 3.05) is 10.7 Å². The van der Waals surface area contributed by atoms with Crippen LogP contribution in [-0.4, -0.2) is 27.5 Å². The number of anilines is 1. The largest absolute Gasteiger partial charge is 0.384 e. The Bertz CT molecular complexity index is 1540. The van der Waals surface area contributed by atoms with Crippen molar-refractivity contribution in [3.63, 3.8) is 0 Å². The Morgan fingerprint density at radius 3 is 2.61 bits per heavy atom. The molecule has 2 N–H and O–H groups in total. The van der Waals surface area contributed by atoms with Crippen LogP contribution in [0.1, 0.15) is 52.7 Å². The van der Waals surface area contributed by atoms with E-state index >= 15 is 0 Å². The highest BCUT2D eigenvalue weighted by molar-refractivity contribution is 8.01. The fourth-order valence-corrected chi connectivity index (χ4v) is 7.72. The fourth-order valence-electron chi connectivity index (χ4n) is 4.82. The number of thiophene rings is 1. The summed E-state index contributed by atoms with van der Waals surface area (Å²) in [6.45, 7) is 6.11. The zero-order valence-corrected chi connectivity index (χ0v) is 24.2. The van der Waals surface area contributed by atoms with E-state index in [0.717, 1.165) is 15.5 Å². The summed E-state index contributed by atoms with van der Waals surface area (Å²) in [5, 5.41) is 19.9. The van der Waals surface area contributed by atoms with E-state index in [2.05, 4.69) is 30.1 Å². The number of nitrogens with zero attached hydrogens (tertiary/aromatic N) is 4. The number of benzene rings is 1. The van der Waals surface area contributed by atoms with Gasteiger partial charge in [0.1, 0.15) is 5.82 Å². The van der Waals surface area contributed by atoms with Gasteiger partial charge in [0.15, 0.2) is 15.9 Å². The van der Waals surface area contributed by atoms with E-state index < -0.39 is 5.92 Å². The van der Waals surface area contributed by atoms with Crippen molar-refractivity contribution in [3.05, 3.63) is 79.4 Å². The lowest BCUT2D eigenvalue weighted by Crippen LogP contribution is -2.42. The molecule has 0 bridgehead atoms. The Balaban J connectivity index is 1.50. The first kappa shape index (κ1) is 26.6. The van der Waals surface area contributed by atoms with Crippen LogP contribution in [0.15, 0.2) is 63.4 Å². The first-order valence-corrected chi connectivity index (χ1v) is 14.8. The number of carbonyl (C=O) groups excluding carboxylic acids is 2. The number of nitriles is 1. The first-order chi connectivity index (χ1) is 18.1. The highest BCUT2D eigenvalue weighted by atomic mass is 35.5. The summed E-state index contributed by atoms with van der Waals surface area (Å²) in [5.74, 6) is -0.0776. The van der Waals surface area contributed by atoms with Crippen molar-refractivity contribution < 1.29 is 9.59 Å². The molecule has 3 heterocycles. The number of Topliss-reactive ketones (excluding diaryl/α,β-unsaturated/α-hetero) is 2. The molecular weight excluding hydrogens is 558 g/mol. The van der Waals surface area contributed by atoms with Crippen LogP contribution in [-0.2, 0) is 4.79 Å². The van der Waals surface area contributed by atoms with Gasteiger partial charge in [0.25, 0.3) is 0 Å². The maximum absolute atomic E-state index is 13.6. The van der Waals surface area contributed by atoms with Gasteiger partial charge in [0, 0.05) is 38.0 Å². The molecule has 1 aromatic carbocycles. The number of aromatic nitrogens is 2. The predicted molar refractivity (Wildman–Crippen MR) is 153 cm³/mol. The molecule has 0 saturated carbocycles. The average Bonchev–Trinajstić information content (AvgIpc) is 3.50. The van der Waals surface area contributed by atoms with Gasteiger partial charge >= 0.3 is 0 Å².